The molecule has 4 aromatic rings. The Kier molecular flexibility index (Phi) is 3.05. The number of hydrogen-bond acceptors (Lipinski definition) is 0. The molecule has 1 heteroatoms. The highest BCUT2D eigenvalue weighted by atomic mass is 15.0. The van der Waals surface area contributed by atoms with Crippen LogP contribution in [0.3, 0.4) is 0 Å². The molecule has 0 saturated carbocycles. The molecule has 0 atom stereocenters. The normalized spacial score (nSPS) is 11.5. The van der Waals surface area contributed by atoms with E-state index in [1.54, 1.807) is 0 Å². The van der Waals surface area contributed by atoms with E-state index in [4.69, 9.17) is 0 Å². The van der Waals surface area contributed by atoms with Gasteiger partial charge in [-0.25, -0.2) is 0 Å². The van der Waals surface area contributed by atoms with Gasteiger partial charge in [-0.1, -0.05) is 41.5 Å². The third-order valence-corrected chi connectivity index (χ3v) is 4.64. The second-order valence-electron chi connectivity index (χ2n) is 6.63. The number of fused-ring (bicyclic) bond motifs is 3. The maximum absolute atomic E-state index is 2.42. The average molecular weight is 299 g/mol. The summed E-state index contributed by atoms with van der Waals surface area (Å²) in [6, 6.07) is 19.9. The summed E-state index contributed by atoms with van der Waals surface area (Å²) in [5.74, 6) is 0. The number of aryl methyl sites for hydroxylation is 4. The lowest BCUT2D eigenvalue weighted by molar-refractivity contribution is 1.15. The van der Waals surface area contributed by atoms with Crippen molar-refractivity contribution in [2.45, 2.75) is 27.7 Å². The summed E-state index contributed by atoms with van der Waals surface area (Å²) in [5, 5.41) is 2.71. The maximum Gasteiger partial charge on any atom is 0.0570 e. The molecule has 0 aliphatic rings. The van der Waals surface area contributed by atoms with E-state index < -0.39 is 0 Å². The maximum atomic E-state index is 2.42. The zero-order valence-corrected chi connectivity index (χ0v) is 14.1. The first kappa shape index (κ1) is 14.1. The molecule has 0 saturated heterocycles. The van der Waals surface area contributed by atoms with Gasteiger partial charge in [-0.2, -0.15) is 0 Å². The Morgan fingerprint density at radius 2 is 1.09 bits per heavy atom. The molecule has 1 heterocycles. The molecule has 23 heavy (non-hydrogen) atoms. The summed E-state index contributed by atoms with van der Waals surface area (Å²) in [7, 11) is 0. The van der Waals surface area contributed by atoms with Crippen LogP contribution < -0.4 is 0 Å². The lowest BCUT2D eigenvalue weighted by Crippen LogP contribution is -1.96. The van der Waals surface area contributed by atoms with Crippen LogP contribution in [-0.4, -0.2) is 4.57 Å². The zero-order chi connectivity index (χ0) is 16.1. The minimum absolute atomic E-state index is 1.23. The summed E-state index contributed by atoms with van der Waals surface area (Å²) in [4.78, 5) is 0. The van der Waals surface area contributed by atoms with Gasteiger partial charge in [-0.15, -0.1) is 0 Å². The van der Waals surface area contributed by atoms with Crippen molar-refractivity contribution >= 4 is 21.8 Å². The summed E-state index contributed by atoms with van der Waals surface area (Å²) < 4.78 is 2.42. The monoisotopic (exact) mass is 299 g/mol. The quantitative estimate of drug-likeness (QED) is 0.405. The van der Waals surface area contributed by atoms with Crippen LogP contribution >= 0.6 is 0 Å². The van der Waals surface area contributed by atoms with Gasteiger partial charge in [0.2, 0.25) is 0 Å². The highest BCUT2D eigenvalue weighted by Crippen LogP contribution is 2.36. The molecule has 0 unspecified atom stereocenters. The molecule has 0 radical (unpaired) electrons. The first-order chi connectivity index (χ1) is 11.1. The minimum Gasteiger partial charge on any atom is -0.309 e. The lowest BCUT2D eigenvalue weighted by atomic mass is 10.0. The van der Waals surface area contributed by atoms with Gasteiger partial charge in [-0.05, 0) is 63.1 Å². The molecular weight excluding hydrogens is 278 g/mol. The van der Waals surface area contributed by atoms with E-state index in [9.17, 15) is 0 Å². The van der Waals surface area contributed by atoms with E-state index in [2.05, 4.69) is 86.9 Å². The van der Waals surface area contributed by atoms with Crippen LogP contribution in [0.5, 0.6) is 0 Å². The fraction of sp³-hybridized carbons (Fsp3) is 0.182. The van der Waals surface area contributed by atoms with Crippen LogP contribution in [-0.2, 0) is 0 Å². The summed E-state index contributed by atoms with van der Waals surface area (Å²) in [6.07, 6.45) is 0. The van der Waals surface area contributed by atoms with Gasteiger partial charge in [0.25, 0.3) is 0 Å². The van der Waals surface area contributed by atoms with Gasteiger partial charge in [0.05, 0.1) is 11.0 Å². The molecule has 1 aromatic heterocycles. The third-order valence-electron chi connectivity index (χ3n) is 4.64. The fourth-order valence-corrected chi connectivity index (χ4v) is 3.87. The first-order valence-corrected chi connectivity index (χ1v) is 8.14. The number of nitrogens with zero attached hydrogens (tertiary/aromatic N) is 1. The molecule has 0 spiro atoms. The van der Waals surface area contributed by atoms with Crippen molar-refractivity contribution in [2.24, 2.45) is 0 Å². The second kappa shape index (κ2) is 4.99. The number of aromatic nitrogens is 1. The Bertz CT molecular complexity index is 971. The molecular formula is C22H21N. The van der Waals surface area contributed by atoms with Crippen LogP contribution in [0.25, 0.3) is 27.5 Å². The van der Waals surface area contributed by atoms with Crippen LogP contribution in [0.1, 0.15) is 22.3 Å². The Morgan fingerprint density at radius 1 is 0.609 bits per heavy atom. The molecule has 0 amide bonds. The van der Waals surface area contributed by atoms with Crippen molar-refractivity contribution in [2.75, 3.05) is 0 Å². The smallest absolute Gasteiger partial charge is 0.0570 e. The van der Waals surface area contributed by atoms with Gasteiger partial charge in [0, 0.05) is 16.5 Å². The first-order valence-electron chi connectivity index (χ1n) is 8.14. The van der Waals surface area contributed by atoms with Crippen LogP contribution in [0, 0.1) is 27.7 Å². The van der Waals surface area contributed by atoms with Crippen LogP contribution in [0.2, 0.25) is 0 Å². The van der Waals surface area contributed by atoms with Crippen molar-refractivity contribution in [1.82, 2.24) is 4.57 Å². The molecule has 0 aliphatic heterocycles. The van der Waals surface area contributed by atoms with Gasteiger partial charge >= 0.3 is 0 Å². The molecule has 3 aromatic carbocycles. The predicted octanol–water partition coefficient (Wildman–Crippen LogP) is 6.02. The summed E-state index contributed by atoms with van der Waals surface area (Å²) in [5.41, 5.74) is 9.18. The van der Waals surface area contributed by atoms with E-state index >= 15 is 0 Å². The van der Waals surface area contributed by atoms with Gasteiger partial charge < -0.3 is 4.57 Å². The molecule has 114 valence electrons. The standard InChI is InChI=1S/C22H21N/c1-14-10-16(3)21-19(12-14)20-13-15(2)11-17(4)22(20)23(21)18-8-6-5-7-9-18/h5-13H,1-4H3. The highest BCUT2D eigenvalue weighted by Gasteiger charge is 2.16. The highest BCUT2D eigenvalue weighted by molar-refractivity contribution is 6.11. The second-order valence-corrected chi connectivity index (χ2v) is 6.63. The van der Waals surface area contributed by atoms with Crippen molar-refractivity contribution in [3.8, 4) is 5.69 Å². The predicted molar refractivity (Wildman–Crippen MR) is 99.7 cm³/mol. The average Bonchev–Trinajstić information content (AvgIpc) is 2.83. The Labute approximate surface area is 137 Å². The number of hydrogen-bond donors (Lipinski definition) is 0. The fourth-order valence-electron chi connectivity index (χ4n) is 3.87. The van der Waals surface area contributed by atoms with Gasteiger partial charge in [0.1, 0.15) is 0 Å². The van der Waals surface area contributed by atoms with E-state index in [1.165, 1.54) is 49.7 Å². The Hall–Kier alpha value is -2.54. The van der Waals surface area contributed by atoms with E-state index in [1.807, 2.05) is 0 Å². The largest absolute Gasteiger partial charge is 0.309 e. The van der Waals surface area contributed by atoms with Gasteiger partial charge in [-0.3, -0.25) is 0 Å². The zero-order valence-electron chi connectivity index (χ0n) is 14.1. The number of rotatable bonds is 1. The Balaban J connectivity index is 2.31. The molecule has 0 bridgehead atoms. The van der Waals surface area contributed by atoms with E-state index in [0.29, 0.717) is 0 Å². The SMILES string of the molecule is Cc1cc(C)c2c(c1)c1cc(C)cc(C)c1n2-c1ccccc1. The molecule has 0 N–H and O–H groups in total. The molecule has 1 nitrogen and oxygen atoms in total. The van der Waals surface area contributed by atoms with Crippen molar-refractivity contribution in [1.29, 1.82) is 0 Å². The third kappa shape index (κ3) is 2.08. The van der Waals surface area contributed by atoms with Crippen molar-refractivity contribution < 1.29 is 0 Å². The topological polar surface area (TPSA) is 4.93 Å². The van der Waals surface area contributed by atoms with Crippen molar-refractivity contribution in [3.05, 3.63) is 76.9 Å². The lowest BCUT2D eigenvalue weighted by Gasteiger charge is -2.11. The molecule has 0 aliphatic carbocycles. The van der Waals surface area contributed by atoms with E-state index in [0.717, 1.165) is 0 Å². The molecule has 4 rings (SSSR count). The Morgan fingerprint density at radius 3 is 1.57 bits per heavy atom. The molecule has 0 fully saturated rings. The minimum atomic E-state index is 1.23. The van der Waals surface area contributed by atoms with E-state index in [-0.39, 0.29) is 0 Å². The summed E-state index contributed by atoms with van der Waals surface area (Å²) >= 11 is 0. The summed E-state index contributed by atoms with van der Waals surface area (Å²) in [6.45, 7) is 8.80. The van der Waals surface area contributed by atoms with Crippen molar-refractivity contribution in [3.63, 3.8) is 0 Å². The van der Waals surface area contributed by atoms with Crippen LogP contribution in [0.4, 0.5) is 0 Å². The van der Waals surface area contributed by atoms with Crippen LogP contribution in [0.15, 0.2) is 54.6 Å². The number of para-hydroxylation sites is 1. The number of benzene rings is 3. The van der Waals surface area contributed by atoms with Gasteiger partial charge in [0.15, 0.2) is 0 Å².